The van der Waals surface area contributed by atoms with Crippen molar-refractivity contribution in [2.75, 3.05) is 6.54 Å². The van der Waals surface area contributed by atoms with Crippen molar-refractivity contribution in [3.63, 3.8) is 0 Å². The predicted molar refractivity (Wildman–Crippen MR) is 107 cm³/mol. The zero-order valence-electron chi connectivity index (χ0n) is 15.3. The van der Waals surface area contributed by atoms with Crippen LogP contribution >= 0.6 is 0 Å². The Labute approximate surface area is 154 Å². The third-order valence-corrected chi connectivity index (χ3v) is 4.00. The number of hydrogen-bond donors (Lipinski definition) is 2. The molecule has 0 spiro atoms. The van der Waals surface area contributed by atoms with E-state index >= 15 is 0 Å². The van der Waals surface area contributed by atoms with E-state index in [2.05, 4.69) is 64.1 Å². The third-order valence-electron chi connectivity index (χ3n) is 4.00. The van der Waals surface area contributed by atoms with Gasteiger partial charge in [0.1, 0.15) is 0 Å². The number of aromatic nitrogens is 2. The average Bonchev–Trinajstić information content (AvgIpc) is 3.10. The second-order valence-electron chi connectivity index (χ2n) is 6.15. The summed E-state index contributed by atoms with van der Waals surface area (Å²) < 4.78 is 2.04. The predicted octanol–water partition coefficient (Wildman–Crippen LogP) is 3.34. The minimum atomic E-state index is 0.657. The van der Waals surface area contributed by atoms with E-state index in [0.717, 1.165) is 23.8 Å². The second-order valence-corrected chi connectivity index (χ2v) is 6.15. The Bertz CT molecular complexity index is 852. The van der Waals surface area contributed by atoms with Crippen LogP contribution in [0.5, 0.6) is 0 Å². The van der Waals surface area contributed by atoms with Crippen molar-refractivity contribution >= 4 is 5.96 Å². The van der Waals surface area contributed by atoms with Crippen LogP contribution < -0.4 is 10.6 Å². The number of nitrogens with one attached hydrogen (secondary N) is 2. The standard InChI is InChI=1S/C21H25N5/c1-3-22-21(25-15-18-10-12-26(2)16-18)24-14-17-7-6-8-19(13-17)20-9-4-5-11-23-20/h4-13,16H,3,14-15H2,1-2H3,(H2,22,24,25). The summed E-state index contributed by atoms with van der Waals surface area (Å²) in [5.74, 6) is 0.819. The Morgan fingerprint density at radius 2 is 2.00 bits per heavy atom. The molecule has 3 rings (SSSR count). The van der Waals surface area contributed by atoms with Gasteiger partial charge in [-0.05, 0) is 42.3 Å². The number of pyridine rings is 1. The molecule has 1 aromatic carbocycles. The molecular formula is C21H25N5. The summed E-state index contributed by atoms with van der Waals surface area (Å²) in [6, 6.07) is 16.5. The van der Waals surface area contributed by atoms with Gasteiger partial charge in [-0.3, -0.25) is 4.98 Å². The molecule has 5 heteroatoms. The Morgan fingerprint density at radius 1 is 1.08 bits per heavy atom. The summed E-state index contributed by atoms with van der Waals surface area (Å²) in [4.78, 5) is 9.08. The fourth-order valence-corrected chi connectivity index (χ4v) is 2.73. The van der Waals surface area contributed by atoms with Crippen molar-refractivity contribution in [1.29, 1.82) is 0 Å². The topological polar surface area (TPSA) is 54.2 Å². The van der Waals surface area contributed by atoms with Crippen molar-refractivity contribution in [1.82, 2.24) is 20.2 Å². The maximum absolute atomic E-state index is 4.66. The monoisotopic (exact) mass is 347 g/mol. The van der Waals surface area contributed by atoms with Crippen LogP contribution in [0.1, 0.15) is 18.1 Å². The van der Waals surface area contributed by atoms with Crippen LogP contribution in [0, 0.1) is 0 Å². The molecule has 2 heterocycles. The largest absolute Gasteiger partial charge is 0.357 e. The molecule has 5 nitrogen and oxygen atoms in total. The van der Waals surface area contributed by atoms with Gasteiger partial charge in [0.2, 0.25) is 0 Å². The maximum Gasteiger partial charge on any atom is 0.191 e. The molecule has 26 heavy (non-hydrogen) atoms. The molecule has 0 aliphatic heterocycles. The highest BCUT2D eigenvalue weighted by Gasteiger charge is 2.02. The summed E-state index contributed by atoms with van der Waals surface area (Å²) in [5, 5.41) is 6.70. The molecule has 0 bridgehead atoms. The summed E-state index contributed by atoms with van der Waals surface area (Å²) >= 11 is 0. The maximum atomic E-state index is 4.66. The first kappa shape index (κ1) is 17.7. The normalized spacial score (nSPS) is 11.4. The van der Waals surface area contributed by atoms with Gasteiger partial charge in [-0.1, -0.05) is 24.3 Å². The second kappa shape index (κ2) is 8.85. The molecule has 134 valence electrons. The van der Waals surface area contributed by atoms with Crippen molar-refractivity contribution < 1.29 is 0 Å². The number of guanidine groups is 1. The lowest BCUT2D eigenvalue weighted by atomic mass is 10.1. The van der Waals surface area contributed by atoms with E-state index in [1.807, 2.05) is 42.2 Å². The minimum absolute atomic E-state index is 0.657. The van der Waals surface area contributed by atoms with E-state index in [4.69, 9.17) is 0 Å². The number of benzene rings is 1. The summed E-state index contributed by atoms with van der Waals surface area (Å²) in [6.07, 6.45) is 5.94. The molecule has 0 radical (unpaired) electrons. The van der Waals surface area contributed by atoms with Gasteiger partial charge in [0.15, 0.2) is 5.96 Å². The van der Waals surface area contributed by atoms with E-state index in [1.165, 1.54) is 11.1 Å². The fourth-order valence-electron chi connectivity index (χ4n) is 2.73. The molecule has 2 N–H and O–H groups in total. The lowest BCUT2D eigenvalue weighted by Gasteiger charge is -2.12. The van der Waals surface area contributed by atoms with Gasteiger partial charge < -0.3 is 15.2 Å². The van der Waals surface area contributed by atoms with Gasteiger partial charge >= 0.3 is 0 Å². The van der Waals surface area contributed by atoms with Crippen LogP contribution in [0.25, 0.3) is 11.3 Å². The molecule has 3 aromatic rings. The van der Waals surface area contributed by atoms with Crippen LogP contribution in [-0.4, -0.2) is 22.1 Å². The van der Waals surface area contributed by atoms with E-state index < -0.39 is 0 Å². The Morgan fingerprint density at radius 3 is 2.73 bits per heavy atom. The minimum Gasteiger partial charge on any atom is -0.357 e. The average molecular weight is 347 g/mol. The van der Waals surface area contributed by atoms with E-state index in [-0.39, 0.29) is 0 Å². The highest BCUT2D eigenvalue weighted by molar-refractivity contribution is 5.79. The molecular weight excluding hydrogens is 322 g/mol. The van der Waals surface area contributed by atoms with Gasteiger partial charge in [-0.15, -0.1) is 0 Å². The van der Waals surface area contributed by atoms with Crippen LogP contribution in [0.4, 0.5) is 0 Å². The quantitative estimate of drug-likeness (QED) is 0.531. The van der Waals surface area contributed by atoms with Crippen molar-refractivity contribution in [2.45, 2.75) is 20.0 Å². The Hall–Kier alpha value is -3.08. The van der Waals surface area contributed by atoms with Crippen molar-refractivity contribution in [2.24, 2.45) is 12.0 Å². The van der Waals surface area contributed by atoms with E-state index in [0.29, 0.717) is 13.1 Å². The first-order chi connectivity index (χ1) is 12.7. The number of hydrogen-bond acceptors (Lipinski definition) is 2. The highest BCUT2D eigenvalue weighted by Crippen LogP contribution is 2.17. The van der Waals surface area contributed by atoms with Gasteiger partial charge in [0, 0.05) is 44.3 Å². The van der Waals surface area contributed by atoms with Gasteiger partial charge in [0.05, 0.1) is 12.2 Å². The molecule has 0 atom stereocenters. The molecule has 0 aliphatic rings. The molecule has 0 fully saturated rings. The Kier molecular flexibility index (Phi) is 6.04. The smallest absolute Gasteiger partial charge is 0.191 e. The first-order valence-corrected chi connectivity index (χ1v) is 8.88. The molecule has 0 aliphatic carbocycles. The fraction of sp³-hybridized carbons (Fsp3) is 0.238. The molecule has 2 aromatic heterocycles. The lowest BCUT2D eigenvalue weighted by molar-refractivity contribution is 0.815. The molecule has 0 saturated heterocycles. The first-order valence-electron chi connectivity index (χ1n) is 8.88. The SMILES string of the molecule is CCNC(=NCc1ccn(C)c1)NCc1cccc(-c2ccccn2)c1. The number of rotatable bonds is 6. The third kappa shape index (κ3) is 4.96. The number of aryl methyl sites for hydroxylation is 1. The zero-order chi connectivity index (χ0) is 18.2. The van der Waals surface area contributed by atoms with Crippen LogP contribution in [-0.2, 0) is 20.1 Å². The van der Waals surface area contributed by atoms with Crippen molar-refractivity contribution in [3.05, 3.63) is 78.2 Å². The lowest BCUT2D eigenvalue weighted by Crippen LogP contribution is -2.36. The van der Waals surface area contributed by atoms with Gasteiger partial charge in [0.25, 0.3) is 0 Å². The number of nitrogens with zero attached hydrogens (tertiary/aromatic N) is 3. The summed E-state index contributed by atoms with van der Waals surface area (Å²) in [5.41, 5.74) is 4.50. The van der Waals surface area contributed by atoms with Crippen molar-refractivity contribution in [3.8, 4) is 11.3 Å². The zero-order valence-corrected chi connectivity index (χ0v) is 15.3. The van der Waals surface area contributed by atoms with Crippen LogP contribution in [0.15, 0.2) is 72.1 Å². The summed E-state index contributed by atoms with van der Waals surface area (Å²) in [6.45, 7) is 4.27. The van der Waals surface area contributed by atoms with E-state index in [1.54, 1.807) is 0 Å². The molecule has 0 saturated carbocycles. The summed E-state index contributed by atoms with van der Waals surface area (Å²) in [7, 11) is 2.02. The number of aliphatic imine (C=N–C) groups is 1. The molecule has 0 unspecified atom stereocenters. The van der Waals surface area contributed by atoms with Gasteiger partial charge in [-0.25, -0.2) is 4.99 Å². The van der Waals surface area contributed by atoms with Crippen LogP contribution in [0.2, 0.25) is 0 Å². The van der Waals surface area contributed by atoms with Gasteiger partial charge in [-0.2, -0.15) is 0 Å². The molecule has 0 amide bonds. The van der Waals surface area contributed by atoms with E-state index in [9.17, 15) is 0 Å². The Balaban J connectivity index is 1.65. The highest BCUT2D eigenvalue weighted by atomic mass is 15.2. The van der Waals surface area contributed by atoms with Crippen LogP contribution in [0.3, 0.4) is 0 Å².